The number of aliphatic hydroxyl groups excluding tert-OH is 1. The fourth-order valence-electron chi connectivity index (χ4n) is 3.43. The van der Waals surface area contributed by atoms with Gasteiger partial charge in [0.25, 0.3) is 11.7 Å². The number of nitrogens with zero attached hydrogens (tertiary/aromatic N) is 3. The van der Waals surface area contributed by atoms with Gasteiger partial charge in [-0.2, -0.15) is 0 Å². The Morgan fingerprint density at radius 2 is 1.62 bits per heavy atom. The minimum absolute atomic E-state index is 0.000843. The van der Waals surface area contributed by atoms with E-state index in [1.54, 1.807) is 48.8 Å². The van der Waals surface area contributed by atoms with Gasteiger partial charge in [0, 0.05) is 36.9 Å². The second-order valence-corrected chi connectivity index (χ2v) is 6.61. The number of carbonyl (C=O) groups is 2. The Balaban J connectivity index is 1.87. The Kier molecular flexibility index (Phi) is 4.78. The average Bonchev–Trinajstić information content (AvgIpc) is 2.99. The minimum atomic E-state index is -0.844. The van der Waals surface area contributed by atoms with Crippen molar-refractivity contribution in [2.75, 3.05) is 0 Å². The number of hydrogen-bond acceptors (Lipinski definition) is 6. The molecule has 1 amide bonds. The number of amides is 1. The van der Waals surface area contributed by atoms with Crippen LogP contribution in [0.1, 0.15) is 22.7 Å². The predicted molar refractivity (Wildman–Crippen MR) is 104 cm³/mol. The first-order chi connectivity index (χ1) is 14.1. The monoisotopic (exact) mass is 387 g/mol. The van der Waals surface area contributed by atoms with E-state index in [4.69, 9.17) is 0 Å². The first-order valence-electron chi connectivity index (χ1n) is 8.93. The van der Waals surface area contributed by atoms with Gasteiger partial charge in [-0.25, -0.2) is 0 Å². The normalized spacial score (nSPS) is 18.2. The summed E-state index contributed by atoms with van der Waals surface area (Å²) in [5, 5.41) is 20.8. The highest BCUT2D eigenvalue weighted by atomic mass is 16.3. The van der Waals surface area contributed by atoms with Crippen LogP contribution in [0, 0.1) is 0 Å². The molecule has 144 valence electrons. The summed E-state index contributed by atoms with van der Waals surface area (Å²) in [5.41, 5.74) is 1.66. The Bertz CT molecular complexity index is 1100. The van der Waals surface area contributed by atoms with Crippen LogP contribution in [-0.2, 0) is 16.1 Å². The summed E-state index contributed by atoms with van der Waals surface area (Å²) < 4.78 is 0. The van der Waals surface area contributed by atoms with Crippen LogP contribution in [0.4, 0.5) is 0 Å². The van der Waals surface area contributed by atoms with Gasteiger partial charge < -0.3 is 15.1 Å². The van der Waals surface area contributed by atoms with E-state index in [2.05, 4.69) is 9.97 Å². The molecular formula is C22H17N3O4. The number of carbonyl (C=O) groups excluding carboxylic acids is 2. The molecule has 3 heterocycles. The van der Waals surface area contributed by atoms with Crippen molar-refractivity contribution < 1.29 is 19.8 Å². The highest BCUT2D eigenvalue weighted by Crippen LogP contribution is 2.40. The molecule has 1 fully saturated rings. The van der Waals surface area contributed by atoms with Gasteiger partial charge in [-0.15, -0.1) is 0 Å². The van der Waals surface area contributed by atoms with Gasteiger partial charge in [0.05, 0.1) is 11.6 Å². The highest BCUT2D eigenvalue weighted by molar-refractivity contribution is 6.46. The van der Waals surface area contributed by atoms with Crippen LogP contribution in [0.25, 0.3) is 5.76 Å². The molecule has 1 atom stereocenters. The molecule has 3 aromatic rings. The van der Waals surface area contributed by atoms with Crippen molar-refractivity contribution in [2.45, 2.75) is 12.6 Å². The molecule has 0 spiro atoms. The van der Waals surface area contributed by atoms with Gasteiger partial charge in [-0.1, -0.05) is 12.1 Å². The molecule has 0 radical (unpaired) electrons. The van der Waals surface area contributed by atoms with Crippen LogP contribution in [0.15, 0.2) is 78.9 Å². The zero-order valence-corrected chi connectivity index (χ0v) is 15.3. The molecular weight excluding hydrogens is 370 g/mol. The Hall–Kier alpha value is -4.00. The number of aromatic nitrogens is 2. The van der Waals surface area contributed by atoms with Crippen molar-refractivity contribution in [3.05, 3.63) is 95.6 Å². The molecule has 1 aliphatic heterocycles. The second kappa shape index (κ2) is 7.55. The third-order valence-corrected chi connectivity index (χ3v) is 4.78. The van der Waals surface area contributed by atoms with E-state index in [0.717, 1.165) is 5.56 Å². The van der Waals surface area contributed by atoms with Gasteiger partial charge in [0.15, 0.2) is 0 Å². The number of phenols is 1. The summed E-state index contributed by atoms with van der Waals surface area (Å²) in [7, 11) is 0. The summed E-state index contributed by atoms with van der Waals surface area (Å²) in [4.78, 5) is 35.0. The van der Waals surface area contributed by atoms with E-state index in [9.17, 15) is 19.8 Å². The molecule has 29 heavy (non-hydrogen) atoms. The zero-order chi connectivity index (χ0) is 20.4. The first-order valence-corrected chi connectivity index (χ1v) is 8.93. The molecule has 2 N–H and O–H groups in total. The van der Waals surface area contributed by atoms with Gasteiger partial charge in [-0.3, -0.25) is 19.6 Å². The van der Waals surface area contributed by atoms with Gasteiger partial charge >= 0.3 is 0 Å². The molecule has 7 heteroatoms. The number of pyridine rings is 2. The minimum Gasteiger partial charge on any atom is -0.508 e. The number of Topliss-reactive ketones (excluding diaryl/α,β-unsaturated/α-hetero) is 1. The lowest BCUT2D eigenvalue weighted by Gasteiger charge is -2.25. The number of ketones is 1. The molecule has 1 unspecified atom stereocenters. The zero-order valence-electron chi connectivity index (χ0n) is 15.3. The topological polar surface area (TPSA) is 104 Å². The van der Waals surface area contributed by atoms with Gasteiger partial charge in [0.2, 0.25) is 0 Å². The Labute approximate surface area is 166 Å². The summed E-state index contributed by atoms with van der Waals surface area (Å²) in [6.07, 6.45) is 6.19. The van der Waals surface area contributed by atoms with Crippen molar-refractivity contribution >= 4 is 17.4 Å². The number of aromatic hydroxyl groups is 1. The maximum atomic E-state index is 12.9. The van der Waals surface area contributed by atoms with Crippen LogP contribution in [0.5, 0.6) is 5.75 Å². The molecule has 1 saturated heterocycles. The number of rotatable bonds is 4. The summed E-state index contributed by atoms with van der Waals surface area (Å²) >= 11 is 0. The third-order valence-electron chi connectivity index (χ3n) is 4.78. The van der Waals surface area contributed by atoms with E-state index < -0.39 is 17.7 Å². The van der Waals surface area contributed by atoms with E-state index in [1.807, 2.05) is 0 Å². The van der Waals surface area contributed by atoms with Crippen LogP contribution < -0.4 is 0 Å². The largest absolute Gasteiger partial charge is 0.508 e. The third kappa shape index (κ3) is 3.45. The molecule has 0 bridgehead atoms. The van der Waals surface area contributed by atoms with E-state index in [0.29, 0.717) is 11.1 Å². The van der Waals surface area contributed by atoms with Crippen molar-refractivity contribution in [3.8, 4) is 5.75 Å². The maximum Gasteiger partial charge on any atom is 0.295 e. The molecule has 0 saturated carbocycles. The lowest BCUT2D eigenvalue weighted by molar-refractivity contribution is -0.140. The second-order valence-electron chi connectivity index (χ2n) is 6.61. The number of hydrogen-bond donors (Lipinski definition) is 2. The molecule has 0 aliphatic carbocycles. The fraction of sp³-hybridized carbons (Fsp3) is 0.0909. The number of benzene rings is 1. The lowest BCUT2D eigenvalue weighted by Crippen LogP contribution is -2.29. The van der Waals surface area contributed by atoms with Gasteiger partial charge in [-0.05, 0) is 47.5 Å². The van der Waals surface area contributed by atoms with Crippen molar-refractivity contribution in [3.63, 3.8) is 0 Å². The first kappa shape index (κ1) is 18.4. The van der Waals surface area contributed by atoms with Crippen molar-refractivity contribution in [2.24, 2.45) is 0 Å². The van der Waals surface area contributed by atoms with Gasteiger partial charge in [0.1, 0.15) is 11.5 Å². The smallest absolute Gasteiger partial charge is 0.295 e. The number of phenolic OH excluding ortho intramolecular Hbond substituents is 1. The number of likely N-dealkylation sites (tertiary alicyclic amines) is 1. The summed E-state index contributed by atoms with van der Waals surface area (Å²) in [5.74, 6) is -1.77. The van der Waals surface area contributed by atoms with Crippen LogP contribution in [0.2, 0.25) is 0 Å². The van der Waals surface area contributed by atoms with Crippen molar-refractivity contribution in [1.29, 1.82) is 0 Å². The summed E-state index contributed by atoms with van der Waals surface area (Å²) in [6.45, 7) is 0.153. The molecule has 4 rings (SSSR count). The Morgan fingerprint density at radius 3 is 2.28 bits per heavy atom. The molecule has 7 nitrogen and oxygen atoms in total. The SMILES string of the molecule is O=C1C(=O)N(Cc2ccncc2)C(c2cccc(O)c2)/C1=C(/O)c1ccncc1. The van der Waals surface area contributed by atoms with Crippen LogP contribution in [-0.4, -0.2) is 36.8 Å². The molecule has 2 aromatic heterocycles. The standard InChI is InChI=1S/C22H17N3O4/c26-17-3-1-2-16(12-17)19-18(20(27)15-6-10-24-11-7-15)21(28)22(29)25(19)13-14-4-8-23-9-5-14/h1-12,19,26-27H,13H2/b20-18-. The average molecular weight is 387 g/mol. The van der Waals surface area contributed by atoms with Crippen molar-refractivity contribution in [1.82, 2.24) is 14.9 Å². The van der Waals surface area contributed by atoms with E-state index in [1.165, 1.54) is 29.4 Å². The molecule has 1 aliphatic rings. The van der Waals surface area contributed by atoms with Crippen LogP contribution in [0.3, 0.4) is 0 Å². The predicted octanol–water partition coefficient (Wildman–Crippen LogP) is 2.80. The summed E-state index contributed by atoms with van der Waals surface area (Å²) in [6, 6.07) is 12.1. The highest BCUT2D eigenvalue weighted by Gasteiger charge is 2.46. The Morgan fingerprint density at radius 1 is 0.966 bits per heavy atom. The quantitative estimate of drug-likeness (QED) is 0.405. The fourth-order valence-corrected chi connectivity index (χ4v) is 3.43. The van der Waals surface area contributed by atoms with E-state index in [-0.39, 0.29) is 23.6 Å². The van der Waals surface area contributed by atoms with E-state index >= 15 is 0 Å². The lowest BCUT2D eigenvalue weighted by atomic mass is 9.95. The molecule has 1 aromatic carbocycles. The maximum absolute atomic E-state index is 12.9. The van der Waals surface area contributed by atoms with Crippen LogP contribution >= 0.6 is 0 Å². The number of aliphatic hydroxyl groups is 1.